The number of methoxy groups -OCH3 is 2. The molecule has 1 heterocycles. The molecular weight excluding hydrogens is 416 g/mol. The van der Waals surface area contributed by atoms with Crippen molar-refractivity contribution in [1.82, 2.24) is 0 Å². The van der Waals surface area contributed by atoms with Crippen molar-refractivity contribution in [2.45, 2.75) is 24.7 Å². The van der Waals surface area contributed by atoms with E-state index in [1.807, 2.05) is 18.2 Å². The number of benzene rings is 2. The van der Waals surface area contributed by atoms with Crippen LogP contribution >= 0.6 is 11.6 Å². The van der Waals surface area contributed by atoms with Gasteiger partial charge in [0, 0.05) is 23.4 Å². The molecule has 0 radical (unpaired) electrons. The van der Waals surface area contributed by atoms with Crippen LogP contribution in [0.15, 0.2) is 65.3 Å². The predicted octanol–water partition coefficient (Wildman–Crippen LogP) is 4.57. The maximum absolute atomic E-state index is 13.3. The Morgan fingerprint density at radius 1 is 1.06 bits per heavy atom. The lowest BCUT2D eigenvalue weighted by Gasteiger charge is -2.34. The van der Waals surface area contributed by atoms with Crippen molar-refractivity contribution in [2.75, 3.05) is 14.2 Å². The van der Waals surface area contributed by atoms with Crippen molar-refractivity contribution in [3.63, 3.8) is 0 Å². The SMILES string of the molecule is COc1ccc([C@H]2CC(=O)C3=C(C2)OC(N)=C(C#N)[C@H]3c2ccc(Cl)cc2)cc1OC. The summed E-state index contributed by atoms with van der Waals surface area (Å²) in [5, 5.41) is 10.3. The first-order valence-electron chi connectivity index (χ1n) is 9.78. The summed E-state index contributed by atoms with van der Waals surface area (Å²) < 4.78 is 16.5. The first-order chi connectivity index (χ1) is 15.0. The summed E-state index contributed by atoms with van der Waals surface area (Å²) in [6.07, 6.45) is 0.778. The van der Waals surface area contributed by atoms with Crippen LogP contribution in [0.2, 0.25) is 5.02 Å². The minimum atomic E-state index is -0.565. The van der Waals surface area contributed by atoms with Gasteiger partial charge in [-0.05, 0) is 41.3 Å². The van der Waals surface area contributed by atoms with Crippen LogP contribution in [-0.4, -0.2) is 20.0 Å². The summed E-state index contributed by atoms with van der Waals surface area (Å²) in [5.74, 6) is 1.02. The van der Waals surface area contributed by atoms with Gasteiger partial charge in [-0.3, -0.25) is 4.79 Å². The Morgan fingerprint density at radius 2 is 1.74 bits per heavy atom. The van der Waals surface area contributed by atoms with E-state index in [2.05, 4.69) is 6.07 Å². The van der Waals surface area contributed by atoms with E-state index in [4.69, 9.17) is 31.5 Å². The quantitative estimate of drug-likeness (QED) is 0.754. The number of nitriles is 1. The third-order valence-corrected chi connectivity index (χ3v) is 6.00. The van der Waals surface area contributed by atoms with Crippen LogP contribution in [-0.2, 0) is 9.53 Å². The zero-order valence-electron chi connectivity index (χ0n) is 17.1. The minimum absolute atomic E-state index is 0.0296. The fourth-order valence-electron chi connectivity index (χ4n) is 4.24. The van der Waals surface area contributed by atoms with Gasteiger partial charge in [0.2, 0.25) is 5.88 Å². The molecule has 4 rings (SSSR count). The van der Waals surface area contributed by atoms with Crippen molar-refractivity contribution < 1.29 is 19.0 Å². The van der Waals surface area contributed by atoms with Gasteiger partial charge in [-0.1, -0.05) is 29.8 Å². The lowest BCUT2D eigenvalue weighted by molar-refractivity contribution is -0.117. The van der Waals surface area contributed by atoms with Crippen LogP contribution in [0.1, 0.15) is 35.8 Å². The van der Waals surface area contributed by atoms with Gasteiger partial charge in [-0.15, -0.1) is 0 Å². The molecule has 0 spiro atoms. The zero-order valence-corrected chi connectivity index (χ0v) is 17.9. The highest BCUT2D eigenvalue weighted by atomic mass is 35.5. The highest BCUT2D eigenvalue weighted by molar-refractivity contribution is 6.30. The smallest absolute Gasteiger partial charge is 0.205 e. The second kappa shape index (κ2) is 8.37. The van der Waals surface area contributed by atoms with Crippen molar-refractivity contribution in [3.8, 4) is 17.6 Å². The highest BCUT2D eigenvalue weighted by Crippen LogP contribution is 2.47. The Bertz CT molecular complexity index is 1150. The number of ketones is 1. The lowest BCUT2D eigenvalue weighted by Crippen LogP contribution is -2.29. The molecule has 7 heteroatoms. The third kappa shape index (κ3) is 3.73. The van der Waals surface area contributed by atoms with E-state index in [0.29, 0.717) is 40.7 Å². The molecule has 2 aromatic carbocycles. The molecule has 0 bridgehead atoms. The number of ether oxygens (including phenoxy) is 3. The second-order valence-corrected chi connectivity index (χ2v) is 7.89. The van der Waals surface area contributed by atoms with Gasteiger partial charge in [0.05, 0.1) is 20.1 Å². The summed E-state index contributed by atoms with van der Waals surface area (Å²) in [6.45, 7) is 0. The molecule has 6 nitrogen and oxygen atoms in total. The van der Waals surface area contributed by atoms with Gasteiger partial charge in [0.1, 0.15) is 17.4 Å². The first kappa shape index (κ1) is 20.8. The second-order valence-electron chi connectivity index (χ2n) is 7.46. The molecule has 158 valence electrons. The molecule has 31 heavy (non-hydrogen) atoms. The Balaban J connectivity index is 1.75. The average Bonchev–Trinajstić information content (AvgIpc) is 2.78. The normalized spacial score (nSPS) is 20.6. The topological polar surface area (TPSA) is 94.6 Å². The predicted molar refractivity (Wildman–Crippen MR) is 116 cm³/mol. The molecule has 0 aromatic heterocycles. The molecule has 2 aromatic rings. The van der Waals surface area contributed by atoms with Gasteiger partial charge < -0.3 is 19.9 Å². The van der Waals surface area contributed by atoms with Crippen LogP contribution in [0, 0.1) is 11.3 Å². The number of halogens is 1. The van der Waals surface area contributed by atoms with Gasteiger partial charge >= 0.3 is 0 Å². The minimum Gasteiger partial charge on any atom is -0.493 e. The summed E-state index contributed by atoms with van der Waals surface area (Å²) in [5.41, 5.74) is 8.54. The number of nitrogens with two attached hydrogens (primary N) is 1. The molecule has 2 atom stereocenters. The molecule has 0 unspecified atom stereocenters. The number of carbonyl (C=O) groups excluding carboxylic acids is 1. The molecule has 0 saturated carbocycles. The molecule has 2 aliphatic rings. The fourth-order valence-corrected chi connectivity index (χ4v) is 4.36. The molecule has 0 fully saturated rings. The van der Waals surface area contributed by atoms with E-state index in [9.17, 15) is 10.1 Å². The van der Waals surface area contributed by atoms with Crippen molar-refractivity contribution in [2.24, 2.45) is 5.73 Å². The van der Waals surface area contributed by atoms with Gasteiger partial charge in [-0.2, -0.15) is 5.26 Å². The molecule has 2 N–H and O–H groups in total. The Kier molecular flexibility index (Phi) is 5.62. The number of hydrogen-bond donors (Lipinski definition) is 1. The maximum atomic E-state index is 13.3. The van der Waals surface area contributed by atoms with Gasteiger partial charge in [0.15, 0.2) is 17.3 Å². The van der Waals surface area contributed by atoms with Gasteiger partial charge in [-0.25, -0.2) is 0 Å². The van der Waals surface area contributed by atoms with E-state index in [-0.39, 0.29) is 23.2 Å². The van der Waals surface area contributed by atoms with Crippen LogP contribution < -0.4 is 15.2 Å². The van der Waals surface area contributed by atoms with E-state index < -0.39 is 5.92 Å². The van der Waals surface area contributed by atoms with Gasteiger partial charge in [0.25, 0.3) is 0 Å². The summed E-state index contributed by atoms with van der Waals surface area (Å²) in [7, 11) is 3.15. The number of rotatable bonds is 4. The molecule has 0 saturated heterocycles. The largest absolute Gasteiger partial charge is 0.493 e. The number of Topliss-reactive ketones (excluding diaryl/α,β-unsaturated/α-hetero) is 1. The maximum Gasteiger partial charge on any atom is 0.205 e. The van der Waals surface area contributed by atoms with E-state index in [1.165, 1.54) is 0 Å². The summed E-state index contributed by atoms with van der Waals surface area (Å²) >= 11 is 6.02. The number of hydrogen-bond acceptors (Lipinski definition) is 6. The Morgan fingerprint density at radius 3 is 2.39 bits per heavy atom. The first-order valence-corrected chi connectivity index (χ1v) is 10.2. The summed E-state index contributed by atoms with van der Waals surface area (Å²) in [4.78, 5) is 13.3. The Hall–Kier alpha value is -3.43. The average molecular weight is 437 g/mol. The highest BCUT2D eigenvalue weighted by Gasteiger charge is 2.41. The van der Waals surface area contributed by atoms with E-state index >= 15 is 0 Å². The molecule has 1 aliphatic heterocycles. The number of allylic oxidation sites excluding steroid dienone is 3. The molecule has 1 aliphatic carbocycles. The standard InChI is InChI=1S/C24H21ClN2O4/c1-29-19-8-5-14(10-20(19)30-2)15-9-18(28)23-21(11-15)31-24(27)17(12-26)22(23)13-3-6-16(25)7-4-13/h3-8,10,15,22H,9,11,27H2,1-2H3/t15-,22+/m0/s1. The number of carbonyl (C=O) groups is 1. The fraction of sp³-hybridized carbons (Fsp3) is 0.250. The van der Waals surface area contributed by atoms with E-state index in [1.54, 1.807) is 38.5 Å². The van der Waals surface area contributed by atoms with Crippen LogP contribution in [0.25, 0.3) is 0 Å². The van der Waals surface area contributed by atoms with Crippen LogP contribution in [0.5, 0.6) is 11.5 Å². The van der Waals surface area contributed by atoms with Crippen molar-refractivity contribution >= 4 is 17.4 Å². The summed E-state index contributed by atoms with van der Waals surface area (Å²) in [6, 6.07) is 14.8. The van der Waals surface area contributed by atoms with Crippen molar-refractivity contribution in [1.29, 1.82) is 5.26 Å². The molecule has 0 amide bonds. The number of nitrogens with zero attached hydrogens (tertiary/aromatic N) is 1. The Labute approximate surface area is 185 Å². The van der Waals surface area contributed by atoms with E-state index in [0.717, 1.165) is 11.1 Å². The van der Waals surface area contributed by atoms with Crippen LogP contribution in [0.3, 0.4) is 0 Å². The zero-order chi connectivity index (χ0) is 22.1. The van der Waals surface area contributed by atoms with Crippen molar-refractivity contribution in [3.05, 3.63) is 81.4 Å². The third-order valence-electron chi connectivity index (χ3n) is 5.74. The monoisotopic (exact) mass is 436 g/mol. The molecular formula is C24H21ClN2O4. The van der Waals surface area contributed by atoms with Crippen LogP contribution in [0.4, 0.5) is 0 Å². The lowest BCUT2D eigenvalue weighted by atomic mass is 9.73.